The Morgan fingerprint density at radius 1 is 1.50 bits per heavy atom. The van der Waals surface area contributed by atoms with E-state index < -0.39 is 25.0 Å². The minimum atomic E-state index is -1.60. The number of nitrogens with one attached hydrogen (secondary N) is 1. The SMILES string of the molecule is CC(=O)[O][Hg][CH2]C(CO)Nc1ccccc1. The van der Waals surface area contributed by atoms with Gasteiger partial charge in [0.05, 0.1) is 0 Å². The van der Waals surface area contributed by atoms with Gasteiger partial charge in [0.2, 0.25) is 0 Å². The van der Waals surface area contributed by atoms with Gasteiger partial charge in [0.15, 0.2) is 0 Å². The predicted octanol–water partition coefficient (Wildman–Crippen LogP) is 1.44. The third kappa shape index (κ3) is 5.46. The van der Waals surface area contributed by atoms with E-state index in [4.69, 9.17) is 2.64 Å². The zero-order valence-corrected chi connectivity index (χ0v) is 14.8. The molecular weight excluding hydrogens is 395 g/mol. The van der Waals surface area contributed by atoms with Crippen LogP contribution in [0.3, 0.4) is 0 Å². The van der Waals surface area contributed by atoms with Gasteiger partial charge < -0.3 is 0 Å². The summed E-state index contributed by atoms with van der Waals surface area (Å²) < 4.78 is 5.85. The van der Waals surface area contributed by atoms with Crippen molar-refractivity contribution in [3.63, 3.8) is 0 Å². The number of carbonyl (C=O) groups is 1. The Labute approximate surface area is 108 Å². The molecule has 0 aliphatic rings. The van der Waals surface area contributed by atoms with Crippen LogP contribution in [0.2, 0.25) is 3.93 Å². The number of rotatable bonds is 6. The van der Waals surface area contributed by atoms with E-state index in [9.17, 15) is 9.90 Å². The second-order valence-corrected chi connectivity index (χ2v) is 8.47. The van der Waals surface area contributed by atoms with E-state index in [0.29, 0.717) is 0 Å². The molecule has 0 aromatic heterocycles. The number of aliphatic hydroxyl groups excluding tert-OH is 1. The second kappa shape index (κ2) is 7.62. The van der Waals surface area contributed by atoms with Crippen molar-refractivity contribution < 1.29 is 37.6 Å². The summed E-state index contributed by atoms with van der Waals surface area (Å²) in [6, 6.07) is 9.72. The van der Waals surface area contributed by atoms with Crippen LogP contribution in [0.15, 0.2) is 30.3 Å². The fourth-order valence-electron chi connectivity index (χ4n) is 1.32. The molecule has 4 nitrogen and oxygen atoms in total. The molecule has 2 N–H and O–H groups in total. The molecule has 84 valence electrons. The summed E-state index contributed by atoms with van der Waals surface area (Å²) in [5.41, 5.74) is 0.984. The summed E-state index contributed by atoms with van der Waals surface area (Å²) in [5, 5.41) is 12.4. The van der Waals surface area contributed by atoms with Gasteiger partial charge in [0.25, 0.3) is 0 Å². The molecule has 0 radical (unpaired) electrons. The first-order valence-corrected chi connectivity index (χ1v) is 11.4. The molecule has 0 bridgehead atoms. The number of aliphatic hydroxyl groups is 1. The van der Waals surface area contributed by atoms with Crippen LogP contribution < -0.4 is 5.32 Å². The maximum atomic E-state index is 10.6. The van der Waals surface area contributed by atoms with Crippen LogP contribution in [0.25, 0.3) is 0 Å². The summed E-state index contributed by atoms with van der Waals surface area (Å²) in [5.74, 6) is -0.196. The molecule has 0 saturated carbocycles. The maximum absolute atomic E-state index is 10.6. The number of hydrogen-bond acceptors (Lipinski definition) is 4. The van der Waals surface area contributed by atoms with E-state index in [2.05, 4.69) is 5.32 Å². The van der Waals surface area contributed by atoms with E-state index >= 15 is 0 Å². The van der Waals surface area contributed by atoms with Crippen LogP contribution in [0.1, 0.15) is 6.92 Å². The Hall–Kier alpha value is -0.615. The molecule has 1 unspecified atom stereocenters. The molecule has 0 aliphatic heterocycles. The Bertz CT molecular complexity index is 318. The van der Waals surface area contributed by atoms with E-state index in [0.717, 1.165) is 9.62 Å². The Morgan fingerprint density at radius 2 is 2.19 bits per heavy atom. The normalized spacial score (nSPS) is 11.4. The van der Waals surface area contributed by atoms with Gasteiger partial charge in [-0.05, 0) is 0 Å². The second-order valence-electron chi connectivity index (χ2n) is 3.52. The monoisotopic (exact) mass is 411 g/mol. The quantitative estimate of drug-likeness (QED) is 0.698. The van der Waals surface area contributed by atoms with Crippen LogP contribution in [-0.4, -0.2) is 23.7 Å². The van der Waals surface area contributed by atoms with Gasteiger partial charge in [-0.1, -0.05) is 0 Å². The Balaban J connectivity index is 2.34. The van der Waals surface area contributed by atoms with Gasteiger partial charge in [-0.15, -0.1) is 0 Å². The Kier molecular flexibility index (Phi) is 6.41. The summed E-state index contributed by atoms with van der Waals surface area (Å²) in [6.07, 6.45) is 0. The molecule has 0 fully saturated rings. The third-order valence-corrected chi connectivity index (χ3v) is 8.14. The standard InChI is InChI=1S/C9H12NO.C2H4O2.Hg/c1-8(7-11)10-9-5-3-2-4-6-9;1-2(3)4;/h2-6,8,10-11H,1,7H2;1H3,(H,3,4);/q;;+1/p-1. The molecule has 16 heavy (non-hydrogen) atoms. The van der Waals surface area contributed by atoms with Crippen molar-refractivity contribution in [1.82, 2.24) is 0 Å². The number of carbonyl (C=O) groups excluding carboxylic acids is 1. The third-order valence-electron chi connectivity index (χ3n) is 2.14. The molecular formula is C11H15HgNO3. The van der Waals surface area contributed by atoms with Crippen molar-refractivity contribution >= 4 is 11.7 Å². The first kappa shape index (κ1) is 13.5. The van der Waals surface area contributed by atoms with E-state index in [1.165, 1.54) is 6.92 Å². The van der Waals surface area contributed by atoms with Crippen molar-refractivity contribution in [2.24, 2.45) is 0 Å². The average Bonchev–Trinajstić information content (AvgIpc) is 2.28. The summed E-state index contributed by atoms with van der Waals surface area (Å²) in [7, 11) is 0. The van der Waals surface area contributed by atoms with E-state index in [-0.39, 0.29) is 18.6 Å². The first-order chi connectivity index (χ1) is 7.72. The molecule has 0 saturated heterocycles. The fraction of sp³-hybridized carbons (Fsp3) is 0.364. The summed E-state index contributed by atoms with van der Waals surface area (Å²) >= 11 is -1.60. The molecule has 0 heterocycles. The molecule has 0 spiro atoms. The minimum absolute atomic E-state index is 0.00316. The molecule has 1 aromatic rings. The van der Waals surface area contributed by atoms with E-state index in [1.54, 1.807) is 0 Å². The van der Waals surface area contributed by atoms with Crippen molar-refractivity contribution in [2.45, 2.75) is 16.9 Å². The van der Waals surface area contributed by atoms with Gasteiger partial charge >= 0.3 is 108 Å². The number of hydrogen-bond donors (Lipinski definition) is 2. The molecule has 0 aliphatic carbocycles. The van der Waals surface area contributed by atoms with Crippen LogP contribution in [0, 0.1) is 0 Å². The van der Waals surface area contributed by atoms with E-state index in [1.807, 2.05) is 30.3 Å². The van der Waals surface area contributed by atoms with Crippen LogP contribution in [-0.2, 0) is 32.5 Å². The van der Waals surface area contributed by atoms with Crippen LogP contribution in [0.5, 0.6) is 0 Å². The van der Waals surface area contributed by atoms with Gasteiger partial charge in [-0.25, -0.2) is 0 Å². The number of benzene rings is 1. The molecule has 1 rings (SSSR count). The topological polar surface area (TPSA) is 58.6 Å². The van der Waals surface area contributed by atoms with Crippen molar-refractivity contribution in [3.8, 4) is 0 Å². The zero-order valence-electron chi connectivity index (χ0n) is 9.35. The van der Waals surface area contributed by atoms with Gasteiger partial charge in [0.1, 0.15) is 0 Å². The van der Waals surface area contributed by atoms with Crippen LogP contribution in [0.4, 0.5) is 5.69 Å². The molecule has 1 atom stereocenters. The molecule has 5 heteroatoms. The number of para-hydroxylation sites is 1. The number of anilines is 1. The van der Waals surface area contributed by atoms with Crippen LogP contribution >= 0.6 is 0 Å². The molecule has 1 aromatic carbocycles. The van der Waals surface area contributed by atoms with Crippen molar-refractivity contribution in [3.05, 3.63) is 30.3 Å². The van der Waals surface area contributed by atoms with Gasteiger partial charge in [-0.2, -0.15) is 0 Å². The predicted molar refractivity (Wildman–Crippen MR) is 57.5 cm³/mol. The summed E-state index contributed by atoms with van der Waals surface area (Å²) in [4.78, 5) is 10.6. The van der Waals surface area contributed by atoms with Crippen molar-refractivity contribution in [2.75, 3.05) is 11.9 Å². The zero-order chi connectivity index (χ0) is 11.8. The van der Waals surface area contributed by atoms with Gasteiger partial charge in [0, 0.05) is 0 Å². The first-order valence-electron chi connectivity index (χ1n) is 5.28. The summed E-state index contributed by atoms with van der Waals surface area (Å²) in [6.45, 7) is 1.49. The van der Waals surface area contributed by atoms with Crippen molar-refractivity contribution in [1.29, 1.82) is 0 Å². The fourth-order valence-corrected chi connectivity index (χ4v) is 5.28. The average molecular weight is 410 g/mol. The molecule has 0 amide bonds. The Morgan fingerprint density at radius 3 is 2.75 bits per heavy atom. The van der Waals surface area contributed by atoms with Gasteiger partial charge in [-0.3, -0.25) is 0 Å².